The summed E-state index contributed by atoms with van der Waals surface area (Å²) in [6, 6.07) is 2.47. The summed E-state index contributed by atoms with van der Waals surface area (Å²) in [4.78, 5) is 11.9. The zero-order valence-corrected chi connectivity index (χ0v) is 13.7. The van der Waals surface area contributed by atoms with Crippen LogP contribution in [0.25, 0.3) is 0 Å². The third kappa shape index (κ3) is 4.18. The number of nitrogens with one attached hydrogen (secondary N) is 2. The first kappa shape index (κ1) is 17.5. The van der Waals surface area contributed by atoms with Gasteiger partial charge in [-0.15, -0.1) is 0 Å². The molecule has 118 valence electrons. The Bertz CT molecular complexity index is 627. The minimum atomic E-state index is -3.80. The molecule has 0 heterocycles. The number of amides is 1. The fraction of sp³-hybridized carbons (Fsp3) is 0.500. The molecule has 1 amide bonds. The van der Waals surface area contributed by atoms with Crippen LogP contribution < -0.4 is 15.8 Å². The summed E-state index contributed by atoms with van der Waals surface area (Å²) in [7, 11) is -3.80. The van der Waals surface area contributed by atoms with Gasteiger partial charge >= 0.3 is 0 Å². The van der Waals surface area contributed by atoms with Crippen LogP contribution in [0.5, 0.6) is 0 Å². The Hall–Kier alpha value is -1.60. The van der Waals surface area contributed by atoms with E-state index in [-0.39, 0.29) is 10.8 Å². The number of sulfonamides is 1. The summed E-state index contributed by atoms with van der Waals surface area (Å²) in [5.41, 5.74) is 7.26. The molecule has 4 N–H and O–H groups in total. The standard InChI is InChI=1S/C14H23N3O3S/c1-5-8-16-14(18)11(4)17-21(19,20)13-9(2)6-7-12(15)10(13)3/h6-7,11,17H,5,8,15H2,1-4H3,(H,16,18). The molecule has 21 heavy (non-hydrogen) atoms. The quantitative estimate of drug-likeness (QED) is 0.684. The van der Waals surface area contributed by atoms with Crippen molar-refractivity contribution < 1.29 is 13.2 Å². The van der Waals surface area contributed by atoms with E-state index in [2.05, 4.69) is 10.0 Å². The summed E-state index contributed by atoms with van der Waals surface area (Å²) < 4.78 is 27.3. The molecule has 0 spiro atoms. The predicted molar refractivity (Wildman–Crippen MR) is 83.4 cm³/mol. The average molecular weight is 313 g/mol. The van der Waals surface area contributed by atoms with Crippen molar-refractivity contribution in [3.63, 3.8) is 0 Å². The number of rotatable bonds is 6. The number of anilines is 1. The lowest BCUT2D eigenvalue weighted by Gasteiger charge is -2.17. The Balaban J connectivity index is 3.03. The van der Waals surface area contributed by atoms with Crippen LogP contribution in [0.3, 0.4) is 0 Å². The van der Waals surface area contributed by atoms with Crippen molar-refractivity contribution in [1.29, 1.82) is 0 Å². The highest BCUT2D eigenvalue weighted by Crippen LogP contribution is 2.24. The van der Waals surface area contributed by atoms with Gasteiger partial charge in [0.25, 0.3) is 0 Å². The van der Waals surface area contributed by atoms with Gasteiger partial charge < -0.3 is 11.1 Å². The molecule has 0 fully saturated rings. The molecular weight excluding hydrogens is 290 g/mol. The van der Waals surface area contributed by atoms with Gasteiger partial charge in [0.2, 0.25) is 15.9 Å². The molecule has 1 aromatic rings. The lowest BCUT2D eigenvalue weighted by Crippen LogP contribution is -2.45. The van der Waals surface area contributed by atoms with Gasteiger partial charge in [0, 0.05) is 12.2 Å². The third-order valence-electron chi connectivity index (χ3n) is 3.19. The van der Waals surface area contributed by atoms with E-state index in [1.54, 1.807) is 26.0 Å². The van der Waals surface area contributed by atoms with Crippen molar-refractivity contribution in [3.05, 3.63) is 23.3 Å². The van der Waals surface area contributed by atoms with Crippen LogP contribution >= 0.6 is 0 Å². The first-order valence-corrected chi connectivity index (χ1v) is 8.34. The molecule has 7 heteroatoms. The minimum absolute atomic E-state index is 0.137. The molecule has 1 unspecified atom stereocenters. The van der Waals surface area contributed by atoms with Crippen LogP contribution in [0.4, 0.5) is 5.69 Å². The fourth-order valence-electron chi connectivity index (χ4n) is 2.00. The van der Waals surface area contributed by atoms with E-state index in [4.69, 9.17) is 5.73 Å². The molecule has 0 aliphatic heterocycles. The average Bonchev–Trinajstić information content (AvgIpc) is 2.39. The van der Waals surface area contributed by atoms with Crippen molar-refractivity contribution in [3.8, 4) is 0 Å². The van der Waals surface area contributed by atoms with Crippen molar-refractivity contribution in [2.24, 2.45) is 0 Å². The second kappa shape index (κ2) is 6.91. The van der Waals surface area contributed by atoms with Gasteiger partial charge in [0.15, 0.2) is 0 Å². The fourth-order valence-corrected chi connectivity index (χ4v) is 3.71. The van der Waals surface area contributed by atoms with E-state index in [1.165, 1.54) is 6.92 Å². The highest BCUT2D eigenvalue weighted by molar-refractivity contribution is 7.89. The van der Waals surface area contributed by atoms with Gasteiger partial charge in [-0.2, -0.15) is 4.72 Å². The monoisotopic (exact) mass is 313 g/mol. The van der Waals surface area contributed by atoms with Crippen molar-refractivity contribution in [1.82, 2.24) is 10.0 Å². The molecule has 0 saturated heterocycles. The number of nitrogen functional groups attached to an aromatic ring is 1. The molecule has 0 aliphatic carbocycles. The highest BCUT2D eigenvalue weighted by Gasteiger charge is 2.25. The minimum Gasteiger partial charge on any atom is -0.398 e. The van der Waals surface area contributed by atoms with Gasteiger partial charge in [0.1, 0.15) is 0 Å². The molecule has 0 aliphatic rings. The largest absolute Gasteiger partial charge is 0.398 e. The number of aryl methyl sites for hydroxylation is 1. The summed E-state index contributed by atoms with van der Waals surface area (Å²) in [6.07, 6.45) is 0.790. The Morgan fingerprint density at radius 1 is 1.33 bits per heavy atom. The van der Waals surface area contributed by atoms with E-state index < -0.39 is 16.1 Å². The van der Waals surface area contributed by atoms with Crippen LogP contribution in [0.2, 0.25) is 0 Å². The summed E-state index contributed by atoms with van der Waals surface area (Å²) >= 11 is 0. The van der Waals surface area contributed by atoms with Gasteiger partial charge in [-0.05, 0) is 44.4 Å². The van der Waals surface area contributed by atoms with E-state index in [0.717, 1.165) is 6.42 Å². The Morgan fingerprint density at radius 3 is 2.52 bits per heavy atom. The normalized spacial score (nSPS) is 13.0. The number of nitrogens with two attached hydrogens (primary N) is 1. The van der Waals surface area contributed by atoms with E-state index in [0.29, 0.717) is 23.4 Å². The topological polar surface area (TPSA) is 101 Å². The first-order valence-electron chi connectivity index (χ1n) is 6.86. The number of carbonyl (C=O) groups excluding carboxylic acids is 1. The molecule has 1 rings (SSSR count). The number of hydrogen-bond donors (Lipinski definition) is 3. The Kier molecular flexibility index (Phi) is 5.74. The van der Waals surface area contributed by atoms with E-state index in [9.17, 15) is 13.2 Å². The lowest BCUT2D eigenvalue weighted by molar-refractivity contribution is -0.122. The van der Waals surface area contributed by atoms with Gasteiger partial charge in [0.05, 0.1) is 10.9 Å². The molecule has 6 nitrogen and oxygen atoms in total. The van der Waals surface area contributed by atoms with Crippen LogP contribution in [-0.2, 0) is 14.8 Å². The Morgan fingerprint density at radius 2 is 1.95 bits per heavy atom. The Labute approximate surface area is 126 Å². The van der Waals surface area contributed by atoms with Gasteiger partial charge in [-0.1, -0.05) is 13.0 Å². The van der Waals surface area contributed by atoms with Crippen LogP contribution in [0, 0.1) is 13.8 Å². The number of hydrogen-bond acceptors (Lipinski definition) is 4. The lowest BCUT2D eigenvalue weighted by atomic mass is 10.1. The van der Waals surface area contributed by atoms with Gasteiger partial charge in [-0.25, -0.2) is 8.42 Å². The molecule has 0 saturated carbocycles. The number of carbonyl (C=O) groups is 1. The summed E-state index contributed by atoms with van der Waals surface area (Å²) in [5, 5.41) is 2.66. The summed E-state index contributed by atoms with van der Waals surface area (Å²) in [6.45, 7) is 7.30. The maximum absolute atomic E-state index is 12.5. The van der Waals surface area contributed by atoms with Crippen molar-refractivity contribution in [2.75, 3.05) is 12.3 Å². The van der Waals surface area contributed by atoms with Crippen molar-refractivity contribution >= 4 is 21.6 Å². The van der Waals surface area contributed by atoms with Crippen LogP contribution in [0.15, 0.2) is 17.0 Å². The zero-order chi connectivity index (χ0) is 16.2. The maximum atomic E-state index is 12.5. The van der Waals surface area contributed by atoms with Crippen LogP contribution in [-0.4, -0.2) is 26.9 Å². The maximum Gasteiger partial charge on any atom is 0.241 e. The van der Waals surface area contributed by atoms with Crippen LogP contribution in [0.1, 0.15) is 31.4 Å². The van der Waals surface area contributed by atoms with Crippen molar-refractivity contribution in [2.45, 2.75) is 45.1 Å². The predicted octanol–water partition coefficient (Wildman–Crippen LogP) is 1.08. The molecule has 0 bridgehead atoms. The first-order chi connectivity index (χ1) is 9.70. The smallest absolute Gasteiger partial charge is 0.241 e. The SMILES string of the molecule is CCCNC(=O)C(C)NS(=O)(=O)c1c(C)ccc(N)c1C. The molecule has 0 aromatic heterocycles. The van der Waals surface area contributed by atoms with Gasteiger partial charge in [-0.3, -0.25) is 4.79 Å². The summed E-state index contributed by atoms with van der Waals surface area (Å²) in [5.74, 6) is -0.348. The molecule has 1 aromatic carbocycles. The molecule has 1 atom stereocenters. The van der Waals surface area contributed by atoms with E-state index in [1.807, 2.05) is 6.92 Å². The molecular formula is C14H23N3O3S. The second-order valence-corrected chi connectivity index (χ2v) is 6.71. The van der Waals surface area contributed by atoms with E-state index >= 15 is 0 Å². The zero-order valence-electron chi connectivity index (χ0n) is 12.9. The molecule has 0 radical (unpaired) electrons. The second-order valence-electron chi connectivity index (χ2n) is 5.06. The highest BCUT2D eigenvalue weighted by atomic mass is 32.2. The third-order valence-corrected chi connectivity index (χ3v) is 5.02. The number of benzene rings is 1.